The van der Waals surface area contributed by atoms with Crippen LogP contribution in [-0.2, 0) is 0 Å². The molecule has 1 aromatic rings. The Kier molecular flexibility index (Phi) is 9.73. The summed E-state index contributed by atoms with van der Waals surface area (Å²) >= 11 is -2.92. The Bertz CT molecular complexity index is 961. The van der Waals surface area contributed by atoms with Crippen LogP contribution in [0, 0.1) is 0 Å². The van der Waals surface area contributed by atoms with E-state index in [1.165, 1.54) is 18.2 Å². The fourth-order valence-electron chi connectivity index (χ4n) is 3.35. The van der Waals surface area contributed by atoms with E-state index in [0.29, 0.717) is 0 Å². The molecule has 0 aliphatic rings. The number of alkyl halides is 17. The van der Waals surface area contributed by atoms with Crippen LogP contribution < -0.4 is 0 Å². The van der Waals surface area contributed by atoms with Crippen LogP contribution in [0.3, 0.4) is 0 Å². The van der Waals surface area contributed by atoms with Gasteiger partial charge in [0.05, 0.1) is 0 Å². The molecule has 0 N–H and O–H groups in total. The minimum atomic E-state index is -8.61. The van der Waals surface area contributed by atoms with Gasteiger partial charge in [-0.1, -0.05) is 0 Å². The minimum absolute atomic E-state index is 0.138. The van der Waals surface area contributed by atoms with Gasteiger partial charge < -0.3 is 0 Å². The summed E-state index contributed by atoms with van der Waals surface area (Å²) in [6, 6.07) is 5.86. The van der Waals surface area contributed by atoms with E-state index in [0.717, 1.165) is 12.1 Å². The van der Waals surface area contributed by atoms with Crippen LogP contribution in [0.2, 0.25) is 19.3 Å². The third-order valence-corrected chi connectivity index (χ3v) is 10.9. The molecule has 228 valence electrons. The topological polar surface area (TPSA) is 0 Å². The molecule has 0 amide bonds. The van der Waals surface area contributed by atoms with Crippen molar-refractivity contribution in [3.63, 3.8) is 0 Å². The zero-order chi connectivity index (χ0) is 31.3. The molecule has 0 aromatic heterocycles. The first-order valence-corrected chi connectivity index (χ1v) is 21.3. The van der Waals surface area contributed by atoms with Crippen molar-refractivity contribution in [2.24, 2.45) is 0 Å². The molecule has 0 radical (unpaired) electrons. The summed E-state index contributed by atoms with van der Waals surface area (Å²) in [5, 5.41) is 0. The summed E-state index contributed by atoms with van der Waals surface area (Å²) in [6.07, 6.45) is -10.6. The molecule has 0 bridgehead atoms. The van der Waals surface area contributed by atoms with E-state index in [4.69, 9.17) is 0 Å². The molecule has 0 heterocycles. The van der Waals surface area contributed by atoms with Gasteiger partial charge in [0.2, 0.25) is 0 Å². The van der Waals surface area contributed by atoms with E-state index in [-0.39, 0.29) is 10.0 Å². The molecular weight excluding hydrogens is 694 g/mol. The number of hydrogen-bond acceptors (Lipinski definition) is 0. The van der Waals surface area contributed by atoms with Gasteiger partial charge in [0.1, 0.15) is 0 Å². The Morgan fingerprint density at radius 1 is 0.538 bits per heavy atom. The molecule has 0 aliphatic heterocycles. The van der Waals surface area contributed by atoms with Gasteiger partial charge in [-0.05, 0) is 0 Å². The van der Waals surface area contributed by atoms with Crippen LogP contribution in [0.1, 0.15) is 24.3 Å². The van der Waals surface area contributed by atoms with Gasteiger partial charge in [-0.2, -0.15) is 13.2 Å². The first kappa shape index (κ1) is 35.9. The number of hydrogen-bond donors (Lipinski definition) is 0. The first-order valence-electron chi connectivity index (χ1n) is 10.7. The van der Waals surface area contributed by atoms with Gasteiger partial charge in [-0.3, -0.25) is 0 Å². The maximum atomic E-state index is 14.6. The summed E-state index contributed by atoms with van der Waals surface area (Å²) in [7, 11) is 0. The molecule has 0 saturated carbocycles. The molecule has 0 saturated heterocycles. The summed E-state index contributed by atoms with van der Waals surface area (Å²) in [5.74, 6) is -57.9. The van der Waals surface area contributed by atoms with E-state index in [2.05, 4.69) is 0 Å². The third-order valence-electron chi connectivity index (χ3n) is 5.80. The summed E-state index contributed by atoms with van der Waals surface area (Å²) in [6.45, 7) is 0. The average Bonchev–Trinajstić information content (AvgIpc) is 2.74. The molecule has 0 fully saturated rings. The van der Waals surface area contributed by atoms with Crippen LogP contribution in [0.5, 0.6) is 0 Å². The van der Waals surface area contributed by atoms with Crippen molar-refractivity contribution in [3.8, 4) is 0 Å². The van der Waals surface area contributed by atoms with Gasteiger partial charge in [-0.25, -0.2) is 0 Å². The molecule has 1 aromatic carbocycles. The Hall–Kier alpha value is -1.17. The van der Waals surface area contributed by atoms with Gasteiger partial charge in [0.15, 0.2) is 0 Å². The fraction of sp³-hybridized carbons (Fsp3) is 0.714. The van der Waals surface area contributed by atoms with E-state index < -0.39 is 84.8 Å². The van der Waals surface area contributed by atoms with E-state index >= 15 is 0 Å². The van der Waals surface area contributed by atoms with Crippen molar-refractivity contribution in [2.75, 3.05) is 0 Å². The second kappa shape index (κ2) is 10.6. The van der Waals surface area contributed by atoms with Crippen LogP contribution in [-0.4, -0.2) is 66.0 Å². The molecule has 1 unspecified atom stereocenters. The van der Waals surface area contributed by atoms with E-state index in [1.807, 2.05) is 0 Å². The Morgan fingerprint density at radius 2 is 0.897 bits per heavy atom. The van der Waals surface area contributed by atoms with Crippen molar-refractivity contribution in [1.82, 2.24) is 0 Å². The monoisotopic (exact) mass is 716 g/mol. The quantitative estimate of drug-likeness (QED) is 0.149. The zero-order valence-corrected chi connectivity index (χ0v) is 22.9. The van der Waals surface area contributed by atoms with Gasteiger partial charge >= 0.3 is 201 Å². The Balaban J connectivity index is 3.61. The molecule has 0 nitrogen and oxygen atoms in total. The van der Waals surface area contributed by atoms with Crippen molar-refractivity contribution < 1.29 is 74.6 Å². The maximum absolute atomic E-state index is 14.6. The first-order chi connectivity index (χ1) is 16.9. The second-order valence-corrected chi connectivity index (χ2v) is 26.1. The Labute approximate surface area is 214 Å². The van der Waals surface area contributed by atoms with Crippen molar-refractivity contribution >= 4 is 18.4 Å². The summed E-state index contributed by atoms with van der Waals surface area (Å²) < 4.78 is 230. The van der Waals surface area contributed by atoms with Crippen LogP contribution in [0.4, 0.5) is 74.6 Å². The predicted molar refractivity (Wildman–Crippen MR) is 107 cm³/mol. The standard InChI is InChI=1S/C18H12F17.3CH3.Sn/c1-2-9(10-6-4-3-5-7-10)8-11(19,20)12(21,22)13(23,24)14(25,26)15(27,28)16(29,30)17(31,32)18(33,34)35;;;;/h3-7,9H,1-2,8H2;3*1H3;. The van der Waals surface area contributed by atoms with Crippen molar-refractivity contribution in [1.29, 1.82) is 0 Å². The number of halogens is 17. The molecular formula is C21H21F17Sn. The molecule has 0 spiro atoms. The van der Waals surface area contributed by atoms with Crippen LogP contribution >= 0.6 is 0 Å². The molecule has 0 aliphatic carbocycles. The molecule has 39 heavy (non-hydrogen) atoms. The average molecular weight is 715 g/mol. The van der Waals surface area contributed by atoms with E-state index in [1.54, 1.807) is 14.8 Å². The van der Waals surface area contributed by atoms with Crippen molar-refractivity contribution in [3.05, 3.63) is 35.9 Å². The summed E-state index contributed by atoms with van der Waals surface area (Å²) in [4.78, 5) is 5.24. The third kappa shape index (κ3) is 6.21. The zero-order valence-electron chi connectivity index (χ0n) is 20.0. The predicted octanol–water partition coefficient (Wildman–Crippen LogP) is 9.90. The number of benzene rings is 1. The van der Waals surface area contributed by atoms with Crippen LogP contribution in [0.15, 0.2) is 30.3 Å². The van der Waals surface area contributed by atoms with Crippen molar-refractivity contribution in [2.45, 2.75) is 85.6 Å². The normalized spacial score (nSPS) is 16.4. The van der Waals surface area contributed by atoms with Gasteiger partial charge in [-0.15, -0.1) is 0 Å². The van der Waals surface area contributed by atoms with Crippen LogP contribution in [0.25, 0.3) is 0 Å². The SMILES string of the molecule is [CH3][Sn]([CH3])([CH3])[CH2]CC(CC(F)(F)C(F)(F)C(F)(F)C(F)(F)C(F)(F)C(F)(F)C(F)(F)C(F)(F)F)c1ccccc1. The van der Waals surface area contributed by atoms with Gasteiger partial charge in [0, 0.05) is 0 Å². The summed E-state index contributed by atoms with van der Waals surface area (Å²) in [5.41, 5.74) is -0.194. The van der Waals surface area contributed by atoms with E-state index in [9.17, 15) is 74.6 Å². The second-order valence-electron chi connectivity index (χ2n) is 10.1. The molecule has 1 rings (SSSR count). The number of rotatable bonds is 12. The molecule has 1 atom stereocenters. The Morgan fingerprint density at radius 3 is 1.26 bits per heavy atom. The molecule has 18 heteroatoms. The fourth-order valence-corrected chi connectivity index (χ4v) is 6.82. The van der Waals surface area contributed by atoms with Gasteiger partial charge in [0.25, 0.3) is 0 Å².